The van der Waals surface area contributed by atoms with Crippen LogP contribution in [0.25, 0.3) is 11.3 Å². The minimum atomic E-state index is -0.167. The number of benzene rings is 1. The van der Waals surface area contributed by atoms with Crippen LogP contribution in [0.2, 0.25) is 10.0 Å². The second-order valence-corrected chi connectivity index (χ2v) is 6.20. The van der Waals surface area contributed by atoms with Gasteiger partial charge in [0.2, 0.25) is 5.84 Å². The summed E-state index contributed by atoms with van der Waals surface area (Å²) in [6.45, 7) is 5.10. The van der Waals surface area contributed by atoms with Crippen LogP contribution in [0.1, 0.15) is 29.5 Å². The number of rotatable bonds is 2. The topological polar surface area (TPSA) is 60.3 Å². The van der Waals surface area contributed by atoms with Crippen molar-refractivity contribution in [2.45, 2.75) is 20.3 Å². The molecule has 0 fully saturated rings. The Kier molecular flexibility index (Phi) is 4.41. The number of nitrogens with one attached hydrogen (secondary N) is 1. The molecular weight excluding hydrogens is 337 g/mol. The van der Waals surface area contributed by atoms with Crippen LogP contribution in [0.5, 0.6) is 0 Å². The zero-order valence-corrected chi connectivity index (χ0v) is 14.3. The highest BCUT2D eigenvalue weighted by molar-refractivity contribution is 6.39. The minimum absolute atomic E-state index is 0.167. The Labute approximate surface area is 143 Å². The number of aromatic nitrogens is 1. The number of carbonyl (C=O) groups excluding carboxylic acids is 1. The summed E-state index contributed by atoms with van der Waals surface area (Å²) in [7, 11) is 0. The van der Waals surface area contributed by atoms with Crippen LogP contribution >= 0.6 is 23.2 Å². The number of amides is 1. The standard InChI is InChI=1S/C16H15Cl2N3O2/c1-9-13(16(22)21-8-4-7-19-10(21)2)15(20-23-9)14-11(17)5-3-6-12(14)18/h3,5-6H,4,7-8H2,1-2H3/p+1. The highest BCUT2D eigenvalue weighted by Gasteiger charge is 2.34. The van der Waals surface area contributed by atoms with Crippen LogP contribution in [0.15, 0.2) is 22.7 Å². The minimum Gasteiger partial charge on any atom is -0.360 e. The van der Waals surface area contributed by atoms with E-state index >= 15 is 0 Å². The van der Waals surface area contributed by atoms with E-state index in [4.69, 9.17) is 27.7 Å². The lowest BCUT2D eigenvalue weighted by Crippen LogP contribution is -2.79. The van der Waals surface area contributed by atoms with Crippen molar-refractivity contribution in [2.75, 3.05) is 13.1 Å². The van der Waals surface area contributed by atoms with Crippen molar-refractivity contribution in [2.24, 2.45) is 0 Å². The number of amidine groups is 1. The fourth-order valence-corrected chi connectivity index (χ4v) is 3.25. The van der Waals surface area contributed by atoms with E-state index in [-0.39, 0.29) is 5.91 Å². The first kappa shape index (κ1) is 16.0. The lowest BCUT2D eigenvalue weighted by molar-refractivity contribution is -0.469. The molecule has 3 rings (SSSR count). The molecule has 1 aromatic heterocycles. The molecule has 1 aliphatic rings. The third-order valence-corrected chi connectivity index (χ3v) is 4.50. The largest absolute Gasteiger partial charge is 0.360 e. The van der Waals surface area contributed by atoms with Crippen molar-refractivity contribution >= 4 is 34.9 Å². The van der Waals surface area contributed by atoms with Gasteiger partial charge in [0.05, 0.1) is 23.1 Å². The molecule has 2 heterocycles. The molecule has 120 valence electrons. The maximum Gasteiger partial charge on any atom is 0.346 e. The van der Waals surface area contributed by atoms with Gasteiger partial charge in [0.1, 0.15) is 17.0 Å². The molecule has 1 aliphatic heterocycles. The lowest BCUT2D eigenvalue weighted by Gasteiger charge is -2.18. The molecule has 1 N–H and O–H groups in total. The molecule has 0 aliphatic carbocycles. The van der Waals surface area contributed by atoms with Gasteiger partial charge in [-0.05, 0) is 19.1 Å². The maximum atomic E-state index is 13.0. The molecule has 1 aromatic carbocycles. The van der Waals surface area contributed by atoms with Gasteiger partial charge in [-0.15, -0.1) is 0 Å². The van der Waals surface area contributed by atoms with Gasteiger partial charge in [0, 0.05) is 18.9 Å². The monoisotopic (exact) mass is 352 g/mol. The maximum absolute atomic E-state index is 13.0. The van der Waals surface area contributed by atoms with Crippen molar-refractivity contribution < 1.29 is 14.3 Å². The first-order chi connectivity index (χ1) is 11.0. The number of hydrogen-bond donors (Lipinski definition) is 1. The zero-order chi connectivity index (χ0) is 16.6. The third kappa shape index (κ3) is 2.86. The predicted molar refractivity (Wildman–Crippen MR) is 88.9 cm³/mol. The molecule has 1 amide bonds. The van der Waals surface area contributed by atoms with Gasteiger partial charge in [-0.3, -0.25) is 4.99 Å². The molecule has 5 nitrogen and oxygen atoms in total. The number of aryl methyl sites for hydroxylation is 1. The Morgan fingerprint density at radius 3 is 2.65 bits per heavy atom. The zero-order valence-electron chi connectivity index (χ0n) is 12.8. The van der Waals surface area contributed by atoms with Gasteiger partial charge < -0.3 is 4.52 Å². The molecule has 7 heteroatoms. The van der Waals surface area contributed by atoms with Crippen LogP contribution in [-0.2, 0) is 0 Å². The number of carbonyl (C=O) groups is 1. The van der Waals surface area contributed by atoms with Gasteiger partial charge in [0.15, 0.2) is 0 Å². The summed E-state index contributed by atoms with van der Waals surface area (Å²) in [5.41, 5.74) is 1.28. The summed E-state index contributed by atoms with van der Waals surface area (Å²) < 4.78 is 5.26. The predicted octanol–water partition coefficient (Wildman–Crippen LogP) is 2.30. The van der Waals surface area contributed by atoms with Crippen molar-refractivity contribution in [3.63, 3.8) is 0 Å². The molecule has 0 bridgehead atoms. The molecule has 0 radical (unpaired) electrons. The number of halogens is 2. The first-order valence-electron chi connectivity index (χ1n) is 7.30. The fraction of sp³-hybridized carbons (Fsp3) is 0.312. The molecule has 0 saturated carbocycles. The van der Waals surface area contributed by atoms with Crippen molar-refractivity contribution in [3.05, 3.63) is 39.6 Å². The summed E-state index contributed by atoms with van der Waals surface area (Å²) >= 11 is 12.5. The Hall–Kier alpha value is -1.85. The highest BCUT2D eigenvalue weighted by atomic mass is 35.5. The van der Waals surface area contributed by atoms with E-state index in [9.17, 15) is 4.79 Å². The fourth-order valence-electron chi connectivity index (χ4n) is 2.68. The first-order valence-corrected chi connectivity index (χ1v) is 8.06. The van der Waals surface area contributed by atoms with Crippen LogP contribution in [-0.4, -0.2) is 34.9 Å². The number of hydrogen-bond acceptors (Lipinski definition) is 3. The van der Waals surface area contributed by atoms with E-state index in [1.54, 1.807) is 30.0 Å². The van der Waals surface area contributed by atoms with E-state index < -0.39 is 0 Å². The summed E-state index contributed by atoms with van der Waals surface area (Å²) in [4.78, 5) is 17.9. The van der Waals surface area contributed by atoms with Crippen LogP contribution in [0.4, 0.5) is 0 Å². The van der Waals surface area contributed by atoms with E-state index in [1.165, 1.54) is 0 Å². The smallest absolute Gasteiger partial charge is 0.346 e. The Balaban J connectivity index is 2.11. The van der Waals surface area contributed by atoms with Crippen molar-refractivity contribution in [3.8, 4) is 11.3 Å². The quantitative estimate of drug-likeness (QED) is 0.901. The lowest BCUT2D eigenvalue weighted by atomic mass is 10.0. The Bertz CT molecular complexity index is 778. The van der Waals surface area contributed by atoms with Crippen LogP contribution < -0.4 is 4.99 Å². The normalized spacial score (nSPS) is 14.8. The summed E-state index contributed by atoms with van der Waals surface area (Å²) in [6, 6.07) is 5.16. The molecule has 2 aromatic rings. The average molecular weight is 353 g/mol. The van der Waals surface area contributed by atoms with Gasteiger partial charge in [-0.2, -0.15) is 4.90 Å². The molecule has 0 saturated heterocycles. The molecule has 23 heavy (non-hydrogen) atoms. The molecule has 0 unspecified atom stereocenters. The van der Waals surface area contributed by atoms with Gasteiger partial charge in [-0.1, -0.05) is 34.4 Å². The van der Waals surface area contributed by atoms with Crippen LogP contribution in [0, 0.1) is 6.92 Å². The van der Waals surface area contributed by atoms with E-state index in [0.717, 1.165) is 18.8 Å². The molecule has 0 atom stereocenters. The van der Waals surface area contributed by atoms with E-state index in [1.807, 2.05) is 6.92 Å². The van der Waals surface area contributed by atoms with Crippen molar-refractivity contribution in [1.29, 1.82) is 0 Å². The second-order valence-electron chi connectivity index (χ2n) is 5.38. The summed E-state index contributed by atoms with van der Waals surface area (Å²) in [5, 5.41) is 4.88. The van der Waals surface area contributed by atoms with Gasteiger partial charge in [-0.25, -0.2) is 4.79 Å². The molecular formula is C16H16Cl2N3O2+. The van der Waals surface area contributed by atoms with Gasteiger partial charge >= 0.3 is 5.91 Å². The summed E-state index contributed by atoms with van der Waals surface area (Å²) in [5.74, 6) is 1.09. The number of nitrogens with zero attached hydrogens (tertiary/aromatic N) is 2. The van der Waals surface area contributed by atoms with E-state index in [2.05, 4.69) is 10.1 Å². The highest BCUT2D eigenvalue weighted by Crippen LogP contribution is 2.37. The summed E-state index contributed by atoms with van der Waals surface area (Å²) in [6.07, 6.45) is 0.885. The Morgan fingerprint density at radius 2 is 2.00 bits per heavy atom. The SMILES string of the molecule is CC1=[NH+]CCCN1C(=O)c1c(-c2c(Cl)cccc2Cl)noc1C. The van der Waals surface area contributed by atoms with Crippen LogP contribution in [0.3, 0.4) is 0 Å². The second kappa shape index (κ2) is 6.34. The van der Waals surface area contributed by atoms with Gasteiger partial charge in [0.25, 0.3) is 0 Å². The third-order valence-electron chi connectivity index (χ3n) is 3.87. The van der Waals surface area contributed by atoms with Crippen molar-refractivity contribution in [1.82, 2.24) is 10.1 Å². The Morgan fingerprint density at radius 1 is 1.30 bits per heavy atom. The molecule has 0 spiro atoms. The van der Waals surface area contributed by atoms with E-state index in [0.29, 0.717) is 39.2 Å². The average Bonchev–Trinajstić information content (AvgIpc) is 2.88.